The fourth-order valence-electron chi connectivity index (χ4n) is 2.16. The first kappa shape index (κ1) is 12.7. The summed E-state index contributed by atoms with van der Waals surface area (Å²) < 4.78 is 0. The molecule has 1 aromatic rings. The van der Waals surface area contributed by atoms with Crippen molar-refractivity contribution >= 4 is 11.7 Å². The first-order valence-corrected chi connectivity index (χ1v) is 6.51. The maximum Gasteiger partial charge on any atom is 0.321 e. The van der Waals surface area contributed by atoms with Gasteiger partial charge in [-0.25, -0.2) is 4.79 Å². The van der Waals surface area contributed by atoms with Gasteiger partial charge in [-0.2, -0.15) is 0 Å². The number of carbonyl (C=O) groups excluding carboxylic acids is 1. The SMILES string of the molecule is O=C(Nc1ccc[nH]c1=O)N1CCCCCCC1. The van der Waals surface area contributed by atoms with Crippen LogP contribution >= 0.6 is 0 Å². The molecule has 18 heavy (non-hydrogen) atoms. The van der Waals surface area contributed by atoms with E-state index in [2.05, 4.69) is 10.3 Å². The third-order valence-corrected chi connectivity index (χ3v) is 3.20. The van der Waals surface area contributed by atoms with E-state index in [4.69, 9.17) is 0 Å². The highest BCUT2D eigenvalue weighted by molar-refractivity contribution is 5.89. The van der Waals surface area contributed by atoms with Crippen molar-refractivity contribution in [1.29, 1.82) is 0 Å². The Morgan fingerprint density at radius 2 is 1.83 bits per heavy atom. The van der Waals surface area contributed by atoms with Gasteiger partial charge in [0.25, 0.3) is 5.56 Å². The number of hydrogen-bond donors (Lipinski definition) is 2. The van der Waals surface area contributed by atoms with E-state index in [1.54, 1.807) is 23.2 Å². The molecule has 1 aliphatic heterocycles. The van der Waals surface area contributed by atoms with Crippen LogP contribution < -0.4 is 10.9 Å². The van der Waals surface area contributed by atoms with Gasteiger partial charge in [0, 0.05) is 19.3 Å². The van der Waals surface area contributed by atoms with Crippen molar-refractivity contribution in [3.8, 4) is 0 Å². The number of nitrogens with one attached hydrogen (secondary N) is 2. The number of nitrogens with zero attached hydrogens (tertiary/aromatic N) is 1. The molecule has 1 saturated heterocycles. The summed E-state index contributed by atoms with van der Waals surface area (Å²) in [5.74, 6) is 0. The molecule has 5 heteroatoms. The zero-order valence-corrected chi connectivity index (χ0v) is 10.4. The minimum Gasteiger partial charge on any atom is -0.327 e. The molecule has 0 aliphatic carbocycles. The lowest BCUT2D eigenvalue weighted by molar-refractivity contribution is 0.206. The number of aromatic amines is 1. The van der Waals surface area contributed by atoms with Gasteiger partial charge < -0.3 is 15.2 Å². The molecule has 2 rings (SSSR count). The van der Waals surface area contributed by atoms with Crippen LogP contribution in [-0.2, 0) is 0 Å². The minimum absolute atomic E-state index is 0.173. The minimum atomic E-state index is -0.266. The number of anilines is 1. The van der Waals surface area contributed by atoms with Gasteiger partial charge in [-0.1, -0.05) is 19.3 Å². The Balaban J connectivity index is 1.98. The van der Waals surface area contributed by atoms with Crippen LogP contribution in [0.2, 0.25) is 0 Å². The van der Waals surface area contributed by atoms with Crippen LogP contribution in [0.15, 0.2) is 23.1 Å². The summed E-state index contributed by atoms with van der Waals surface area (Å²) in [6, 6.07) is 3.14. The second-order valence-corrected chi connectivity index (χ2v) is 4.60. The van der Waals surface area contributed by atoms with E-state index in [1.807, 2.05) is 0 Å². The predicted molar refractivity (Wildman–Crippen MR) is 70.7 cm³/mol. The fraction of sp³-hybridized carbons (Fsp3) is 0.538. The largest absolute Gasteiger partial charge is 0.327 e. The third kappa shape index (κ3) is 3.35. The molecule has 0 unspecified atom stereocenters. The van der Waals surface area contributed by atoms with Crippen molar-refractivity contribution in [3.05, 3.63) is 28.7 Å². The number of urea groups is 1. The summed E-state index contributed by atoms with van der Waals surface area (Å²) in [5, 5.41) is 2.67. The molecule has 5 nitrogen and oxygen atoms in total. The molecule has 0 bridgehead atoms. The van der Waals surface area contributed by atoms with E-state index >= 15 is 0 Å². The predicted octanol–water partition coefficient (Wildman–Crippen LogP) is 2.17. The number of hydrogen-bond acceptors (Lipinski definition) is 2. The van der Waals surface area contributed by atoms with Crippen LogP contribution in [0.25, 0.3) is 0 Å². The Labute approximate surface area is 106 Å². The second kappa shape index (κ2) is 6.23. The van der Waals surface area contributed by atoms with Crippen molar-refractivity contribution in [2.75, 3.05) is 18.4 Å². The number of H-pyrrole nitrogens is 1. The highest BCUT2D eigenvalue weighted by Crippen LogP contribution is 2.11. The van der Waals surface area contributed by atoms with Crippen molar-refractivity contribution in [3.63, 3.8) is 0 Å². The normalized spacial score (nSPS) is 16.8. The summed E-state index contributed by atoms with van der Waals surface area (Å²) >= 11 is 0. The van der Waals surface area contributed by atoms with E-state index in [9.17, 15) is 9.59 Å². The van der Waals surface area contributed by atoms with Gasteiger partial charge in [0.1, 0.15) is 5.69 Å². The zero-order chi connectivity index (χ0) is 12.8. The summed E-state index contributed by atoms with van der Waals surface area (Å²) in [4.78, 5) is 27.9. The lowest BCUT2D eigenvalue weighted by Crippen LogP contribution is -2.38. The number of pyridine rings is 1. The summed E-state index contributed by atoms with van der Waals surface area (Å²) in [5.41, 5.74) is 0.0439. The lowest BCUT2D eigenvalue weighted by atomic mass is 10.1. The van der Waals surface area contributed by atoms with Crippen LogP contribution in [0, 0.1) is 0 Å². The molecule has 2 N–H and O–H groups in total. The maximum absolute atomic E-state index is 12.0. The number of amides is 2. The summed E-state index contributed by atoms with van der Waals surface area (Å²) in [7, 11) is 0. The third-order valence-electron chi connectivity index (χ3n) is 3.20. The van der Waals surface area contributed by atoms with Gasteiger partial charge in [0.2, 0.25) is 0 Å². The Bertz CT molecular complexity index is 448. The average molecular weight is 249 g/mol. The number of likely N-dealkylation sites (tertiary alicyclic amines) is 1. The lowest BCUT2D eigenvalue weighted by Gasteiger charge is -2.24. The quantitative estimate of drug-likeness (QED) is 0.801. The fourth-order valence-corrected chi connectivity index (χ4v) is 2.16. The van der Waals surface area contributed by atoms with Crippen LogP contribution in [0.1, 0.15) is 32.1 Å². The Morgan fingerprint density at radius 3 is 2.50 bits per heavy atom. The average Bonchev–Trinajstić information content (AvgIpc) is 2.31. The van der Waals surface area contributed by atoms with E-state index in [0.29, 0.717) is 5.69 Å². The first-order chi connectivity index (χ1) is 8.77. The molecule has 1 aliphatic rings. The van der Waals surface area contributed by atoms with Gasteiger partial charge in [-0.3, -0.25) is 4.79 Å². The number of aromatic nitrogens is 1. The van der Waals surface area contributed by atoms with Crippen molar-refractivity contribution in [2.45, 2.75) is 32.1 Å². The topological polar surface area (TPSA) is 65.2 Å². The van der Waals surface area contributed by atoms with Crippen molar-refractivity contribution < 1.29 is 4.79 Å². The maximum atomic E-state index is 12.0. The van der Waals surface area contributed by atoms with Gasteiger partial charge in [0.15, 0.2) is 0 Å². The monoisotopic (exact) mass is 249 g/mol. The molecular formula is C13H19N3O2. The smallest absolute Gasteiger partial charge is 0.321 e. The van der Waals surface area contributed by atoms with Crippen LogP contribution in [0.3, 0.4) is 0 Å². The molecule has 98 valence electrons. The van der Waals surface area contributed by atoms with Crippen molar-refractivity contribution in [1.82, 2.24) is 9.88 Å². The molecular weight excluding hydrogens is 230 g/mol. The molecule has 0 atom stereocenters. The molecule has 0 aromatic carbocycles. The molecule has 2 heterocycles. The second-order valence-electron chi connectivity index (χ2n) is 4.60. The molecule has 1 aromatic heterocycles. The zero-order valence-electron chi connectivity index (χ0n) is 10.4. The molecule has 1 fully saturated rings. The van der Waals surface area contributed by atoms with Gasteiger partial charge in [0.05, 0.1) is 0 Å². The van der Waals surface area contributed by atoms with E-state index in [0.717, 1.165) is 25.9 Å². The van der Waals surface area contributed by atoms with Gasteiger partial charge in [-0.15, -0.1) is 0 Å². The molecule has 2 amide bonds. The van der Waals surface area contributed by atoms with Crippen LogP contribution in [-0.4, -0.2) is 29.0 Å². The van der Waals surface area contributed by atoms with E-state index in [1.165, 1.54) is 19.3 Å². The molecule has 0 saturated carbocycles. The first-order valence-electron chi connectivity index (χ1n) is 6.51. The standard InChI is InChI=1S/C13H19N3O2/c17-12-11(7-6-8-14-12)15-13(18)16-9-4-2-1-3-5-10-16/h6-8H,1-5,9-10H2,(H,14,17)(H,15,18). The van der Waals surface area contributed by atoms with E-state index in [-0.39, 0.29) is 11.6 Å². The van der Waals surface area contributed by atoms with Crippen LogP contribution in [0.5, 0.6) is 0 Å². The summed E-state index contributed by atoms with van der Waals surface area (Å²) in [6.07, 6.45) is 7.24. The summed E-state index contributed by atoms with van der Waals surface area (Å²) in [6.45, 7) is 1.55. The van der Waals surface area contributed by atoms with Gasteiger partial charge >= 0.3 is 6.03 Å². The van der Waals surface area contributed by atoms with E-state index < -0.39 is 0 Å². The Kier molecular flexibility index (Phi) is 4.39. The Morgan fingerprint density at radius 1 is 1.17 bits per heavy atom. The highest BCUT2D eigenvalue weighted by atomic mass is 16.2. The van der Waals surface area contributed by atoms with Crippen LogP contribution in [0.4, 0.5) is 10.5 Å². The number of carbonyl (C=O) groups is 1. The van der Waals surface area contributed by atoms with Crippen molar-refractivity contribution in [2.24, 2.45) is 0 Å². The number of rotatable bonds is 1. The molecule has 0 radical (unpaired) electrons. The molecule has 0 spiro atoms. The Hall–Kier alpha value is -1.78. The highest BCUT2D eigenvalue weighted by Gasteiger charge is 2.15. The van der Waals surface area contributed by atoms with Gasteiger partial charge in [-0.05, 0) is 25.0 Å².